The molecule has 0 spiro atoms. The van der Waals surface area contributed by atoms with Crippen LogP contribution in [-0.4, -0.2) is 30.1 Å². The molecule has 0 aromatic heterocycles. The Kier molecular flexibility index (Phi) is 4.48. The Bertz CT molecular complexity index is 735. The number of piperidine rings is 1. The predicted octanol–water partition coefficient (Wildman–Crippen LogP) is 4.51. The van der Waals surface area contributed by atoms with Crippen molar-refractivity contribution in [2.75, 3.05) is 18.0 Å². The van der Waals surface area contributed by atoms with E-state index in [-0.39, 0.29) is 12.1 Å². The van der Waals surface area contributed by atoms with Crippen molar-refractivity contribution in [3.05, 3.63) is 65.7 Å². The van der Waals surface area contributed by atoms with Gasteiger partial charge in [0, 0.05) is 24.8 Å². The summed E-state index contributed by atoms with van der Waals surface area (Å²) in [7, 11) is 0. The van der Waals surface area contributed by atoms with Crippen molar-refractivity contribution in [3.8, 4) is 0 Å². The Morgan fingerprint density at radius 1 is 1.00 bits per heavy atom. The van der Waals surface area contributed by atoms with Gasteiger partial charge in [0.25, 0.3) is 0 Å². The van der Waals surface area contributed by atoms with E-state index in [1.807, 2.05) is 11.0 Å². The maximum absolute atomic E-state index is 13.1. The highest BCUT2D eigenvalue weighted by Crippen LogP contribution is 2.33. The number of benzene rings is 2. The number of carbonyl (C=O) groups excluding carboxylic acids is 1. The Labute approximate surface area is 150 Å². The Balaban J connectivity index is 1.39. The summed E-state index contributed by atoms with van der Waals surface area (Å²) >= 11 is 0. The fourth-order valence-corrected chi connectivity index (χ4v) is 4.29. The molecule has 0 bridgehead atoms. The Morgan fingerprint density at radius 2 is 1.68 bits per heavy atom. The molecule has 130 valence electrons. The van der Waals surface area contributed by atoms with E-state index in [1.54, 1.807) is 0 Å². The first kappa shape index (κ1) is 16.2. The molecule has 1 unspecified atom stereocenters. The number of carbonyl (C=O) groups is 1. The number of likely N-dealkylation sites (tertiary alicyclic amines) is 1. The van der Waals surface area contributed by atoms with Crippen LogP contribution >= 0.6 is 0 Å². The lowest BCUT2D eigenvalue weighted by molar-refractivity contribution is 0.175. The molecule has 2 heterocycles. The molecule has 1 atom stereocenters. The fourth-order valence-electron chi connectivity index (χ4n) is 4.29. The molecule has 0 N–H and O–H groups in total. The van der Waals surface area contributed by atoms with Gasteiger partial charge in [-0.05, 0) is 55.7 Å². The van der Waals surface area contributed by atoms with Crippen molar-refractivity contribution in [2.45, 2.75) is 38.6 Å². The van der Waals surface area contributed by atoms with Gasteiger partial charge in [0.1, 0.15) is 0 Å². The summed E-state index contributed by atoms with van der Waals surface area (Å²) in [6, 6.07) is 19.5. The molecule has 4 rings (SSSR count). The van der Waals surface area contributed by atoms with Crippen LogP contribution in [0.2, 0.25) is 0 Å². The van der Waals surface area contributed by atoms with Gasteiger partial charge in [0.2, 0.25) is 0 Å². The van der Waals surface area contributed by atoms with E-state index in [0.717, 1.165) is 44.5 Å². The van der Waals surface area contributed by atoms with E-state index in [2.05, 4.69) is 60.4 Å². The molecule has 2 aliphatic heterocycles. The minimum atomic E-state index is 0.190. The quantitative estimate of drug-likeness (QED) is 0.792. The summed E-state index contributed by atoms with van der Waals surface area (Å²) in [6.07, 6.45) is 4.30. The standard InChI is InChI=1S/C22H26N2O/c1-17-15-20-9-5-6-10-21(20)24(17)22(25)23-13-11-19(12-14-23)16-18-7-3-2-4-8-18/h2-10,17,19H,11-16H2,1H3. The van der Waals surface area contributed by atoms with Gasteiger partial charge in [-0.1, -0.05) is 48.5 Å². The summed E-state index contributed by atoms with van der Waals surface area (Å²) in [5.74, 6) is 0.690. The molecule has 1 fully saturated rings. The van der Waals surface area contributed by atoms with E-state index in [1.165, 1.54) is 11.1 Å². The van der Waals surface area contributed by atoms with Crippen molar-refractivity contribution < 1.29 is 4.79 Å². The molecular weight excluding hydrogens is 308 g/mol. The van der Waals surface area contributed by atoms with Crippen LogP contribution in [0.1, 0.15) is 30.9 Å². The topological polar surface area (TPSA) is 23.6 Å². The van der Waals surface area contributed by atoms with Crippen molar-refractivity contribution >= 4 is 11.7 Å². The van der Waals surface area contributed by atoms with E-state index in [0.29, 0.717) is 5.92 Å². The fraction of sp³-hybridized carbons (Fsp3) is 0.409. The summed E-state index contributed by atoms with van der Waals surface area (Å²) in [5, 5.41) is 0. The SMILES string of the molecule is CC1Cc2ccccc2N1C(=O)N1CCC(Cc2ccccc2)CC1. The number of hydrogen-bond donors (Lipinski definition) is 0. The highest BCUT2D eigenvalue weighted by atomic mass is 16.2. The van der Waals surface area contributed by atoms with E-state index < -0.39 is 0 Å². The van der Waals surface area contributed by atoms with Gasteiger partial charge in [-0.15, -0.1) is 0 Å². The van der Waals surface area contributed by atoms with Crippen LogP contribution in [0.3, 0.4) is 0 Å². The molecule has 3 nitrogen and oxygen atoms in total. The van der Waals surface area contributed by atoms with Crippen LogP contribution in [0.15, 0.2) is 54.6 Å². The second-order valence-corrected chi connectivity index (χ2v) is 7.45. The lowest BCUT2D eigenvalue weighted by Gasteiger charge is -2.36. The normalized spacial score (nSPS) is 20.6. The van der Waals surface area contributed by atoms with Crippen LogP contribution in [0, 0.1) is 5.92 Å². The van der Waals surface area contributed by atoms with E-state index >= 15 is 0 Å². The first-order valence-electron chi connectivity index (χ1n) is 9.42. The molecule has 2 aromatic rings. The zero-order valence-corrected chi connectivity index (χ0v) is 14.9. The minimum absolute atomic E-state index is 0.190. The van der Waals surface area contributed by atoms with Gasteiger partial charge in [0.05, 0.1) is 0 Å². The summed E-state index contributed by atoms with van der Waals surface area (Å²) in [4.78, 5) is 17.2. The van der Waals surface area contributed by atoms with E-state index in [9.17, 15) is 4.79 Å². The summed E-state index contributed by atoms with van der Waals surface area (Å²) < 4.78 is 0. The molecule has 3 heteroatoms. The van der Waals surface area contributed by atoms with Crippen LogP contribution < -0.4 is 4.90 Å². The van der Waals surface area contributed by atoms with Gasteiger partial charge in [-0.2, -0.15) is 0 Å². The molecule has 25 heavy (non-hydrogen) atoms. The average Bonchev–Trinajstić information content (AvgIpc) is 2.98. The third kappa shape index (κ3) is 3.28. The highest BCUT2D eigenvalue weighted by molar-refractivity contribution is 5.95. The molecule has 0 saturated carbocycles. The number of rotatable bonds is 2. The lowest BCUT2D eigenvalue weighted by atomic mass is 9.90. The van der Waals surface area contributed by atoms with Crippen molar-refractivity contribution in [1.29, 1.82) is 0 Å². The summed E-state index contributed by atoms with van der Waals surface area (Å²) in [6.45, 7) is 3.91. The van der Waals surface area contributed by atoms with Gasteiger partial charge in [0.15, 0.2) is 0 Å². The van der Waals surface area contributed by atoms with Crippen LogP contribution in [0.25, 0.3) is 0 Å². The zero-order valence-electron chi connectivity index (χ0n) is 14.9. The molecule has 2 aliphatic rings. The number of anilines is 1. The van der Waals surface area contributed by atoms with Gasteiger partial charge >= 0.3 is 6.03 Å². The number of urea groups is 1. The van der Waals surface area contributed by atoms with E-state index in [4.69, 9.17) is 0 Å². The highest BCUT2D eigenvalue weighted by Gasteiger charge is 2.34. The van der Waals surface area contributed by atoms with Crippen molar-refractivity contribution in [2.24, 2.45) is 5.92 Å². The van der Waals surface area contributed by atoms with Crippen LogP contribution in [-0.2, 0) is 12.8 Å². The number of para-hydroxylation sites is 1. The van der Waals surface area contributed by atoms with Crippen LogP contribution in [0.5, 0.6) is 0 Å². The van der Waals surface area contributed by atoms with Gasteiger partial charge < -0.3 is 4.90 Å². The smallest absolute Gasteiger partial charge is 0.324 e. The second kappa shape index (κ2) is 6.91. The second-order valence-electron chi connectivity index (χ2n) is 7.45. The van der Waals surface area contributed by atoms with Gasteiger partial charge in [-0.25, -0.2) is 4.79 Å². The third-order valence-electron chi connectivity index (χ3n) is 5.67. The number of nitrogens with zero attached hydrogens (tertiary/aromatic N) is 2. The Hall–Kier alpha value is -2.29. The monoisotopic (exact) mass is 334 g/mol. The number of fused-ring (bicyclic) bond motifs is 1. The van der Waals surface area contributed by atoms with Gasteiger partial charge in [-0.3, -0.25) is 4.90 Å². The number of hydrogen-bond acceptors (Lipinski definition) is 1. The van der Waals surface area contributed by atoms with Crippen LogP contribution in [0.4, 0.5) is 10.5 Å². The maximum Gasteiger partial charge on any atom is 0.324 e. The minimum Gasteiger partial charge on any atom is -0.324 e. The Morgan fingerprint density at radius 3 is 2.44 bits per heavy atom. The molecule has 1 saturated heterocycles. The zero-order chi connectivity index (χ0) is 17.2. The largest absolute Gasteiger partial charge is 0.324 e. The third-order valence-corrected chi connectivity index (χ3v) is 5.67. The summed E-state index contributed by atoms with van der Waals surface area (Å²) in [5.41, 5.74) is 3.81. The molecule has 0 radical (unpaired) electrons. The molecule has 2 aromatic carbocycles. The lowest BCUT2D eigenvalue weighted by Crippen LogP contribution is -2.49. The molecule has 0 aliphatic carbocycles. The molecular formula is C22H26N2O. The number of amides is 2. The van der Waals surface area contributed by atoms with Crippen molar-refractivity contribution in [3.63, 3.8) is 0 Å². The first-order valence-corrected chi connectivity index (χ1v) is 9.42. The van der Waals surface area contributed by atoms with Crippen molar-refractivity contribution in [1.82, 2.24) is 4.90 Å². The molecule has 2 amide bonds. The first-order chi connectivity index (χ1) is 12.2. The average molecular weight is 334 g/mol. The predicted molar refractivity (Wildman–Crippen MR) is 102 cm³/mol. The maximum atomic E-state index is 13.1.